The number of carbonyl (C=O) groups is 1. The van der Waals surface area contributed by atoms with Crippen LogP contribution in [0.2, 0.25) is 0 Å². The van der Waals surface area contributed by atoms with E-state index in [2.05, 4.69) is 31.0 Å². The number of hydrogen-bond acceptors (Lipinski definition) is 5. The summed E-state index contributed by atoms with van der Waals surface area (Å²) in [4.78, 5) is 26.5. The molecule has 4 rings (SSSR count). The molecule has 3 heterocycles. The number of halogens is 1. The average Bonchev–Trinajstić information content (AvgIpc) is 3.19. The minimum Gasteiger partial charge on any atom is -0.352 e. The number of carbonyl (C=O) groups excluding carboxylic acids is 1. The second-order valence-corrected chi connectivity index (χ2v) is 9.63. The Morgan fingerprint density at radius 2 is 1.83 bits per heavy atom. The molecule has 3 aromatic rings. The van der Waals surface area contributed by atoms with Gasteiger partial charge in [0.1, 0.15) is 17.5 Å². The minimum absolute atomic E-state index is 0.00358. The van der Waals surface area contributed by atoms with Crippen molar-refractivity contribution < 1.29 is 9.18 Å². The maximum atomic E-state index is 13.5. The van der Waals surface area contributed by atoms with Crippen LogP contribution in [0.1, 0.15) is 51.6 Å². The van der Waals surface area contributed by atoms with Crippen molar-refractivity contribution in [2.45, 2.75) is 53.4 Å². The molecule has 1 saturated heterocycles. The first-order valence-electron chi connectivity index (χ1n) is 12.7. The predicted molar refractivity (Wildman–Crippen MR) is 137 cm³/mol. The molecule has 188 valence electrons. The second-order valence-electron chi connectivity index (χ2n) is 9.63. The molecular weight excluding hydrogens is 445 g/mol. The van der Waals surface area contributed by atoms with Gasteiger partial charge in [0.15, 0.2) is 5.65 Å². The van der Waals surface area contributed by atoms with Crippen molar-refractivity contribution >= 4 is 22.9 Å². The van der Waals surface area contributed by atoms with E-state index in [9.17, 15) is 9.18 Å². The Labute approximate surface area is 206 Å². The van der Waals surface area contributed by atoms with Crippen LogP contribution >= 0.6 is 0 Å². The first-order valence-corrected chi connectivity index (χ1v) is 12.7. The van der Waals surface area contributed by atoms with Gasteiger partial charge in [0.05, 0.1) is 16.8 Å². The number of urea groups is 1. The Kier molecular flexibility index (Phi) is 7.83. The summed E-state index contributed by atoms with van der Waals surface area (Å²) in [7, 11) is 0. The van der Waals surface area contributed by atoms with Crippen LogP contribution < -0.4 is 10.2 Å². The van der Waals surface area contributed by atoms with Crippen molar-refractivity contribution in [3.63, 3.8) is 0 Å². The molecular formula is C26H36FN7O. The van der Waals surface area contributed by atoms with Crippen LogP contribution in [0.4, 0.5) is 15.0 Å². The Hall–Kier alpha value is -3.23. The van der Waals surface area contributed by atoms with Crippen LogP contribution in [0.3, 0.4) is 0 Å². The fourth-order valence-electron chi connectivity index (χ4n) is 4.33. The second kappa shape index (κ2) is 11.0. The maximum Gasteiger partial charge on any atom is 0.317 e. The third-order valence-electron chi connectivity index (χ3n) is 6.42. The first-order chi connectivity index (χ1) is 16.9. The quantitative estimate of drug-likeness (QED) is 0.480. The summed E-state index contributed by atoms with van der Waals surface area (Å²) in [6.07, 6.45) is 3.80. The Balaban J connectivity index is 1.65. The van der Waals surface area contributed by atoms with Crippen molar-refractivity contribution in [2.75, 3.05) is 37.6 Å². The molecule has 9 heteroatoms. The molecule has 1 N–H and O–H groups in total. The van der Waals surface area contributed by atoms with E-state index in [1.54, 1.807) is 16.8 Å². The van der Waals surface area contributed by atoms with Crippen LogP contribution in [0.25, 0.3) is 16.7 Å². The van der Waals surface area contributed by atoms with Gasteiger partial charge < -0.3 is 15.1 Å². The highest BCUT2D eigenvalue weighted by Crippen LogP contribution is 2.30. The Bertz CT molecular complexity index is 1150. The van der Waals surface area contributed by atoms with Gasteiger partial charge >= 0.3 is 6.03 Å². The van der Waals surface area contributed by atoms with Gasteiger partial charge in [0.25, 0.3) is 0 Å². The first kappa shape index (κ1) is 24.9. The number of nitrogens with zero attached hydrogens (tertiary/aromatic N) is 6. The van der Waals surface area contributed by atoms with E-state index in [1.165, 1.54) is 12.1 Å². The highest BCUT2D eigenvalue weighted by molar-refractivity contribution is 5.91. The molecule has 1 fully saturated rings. The lowest BCUT2D eigenvalue weighted by Gasteiger charge is -2.35. The van der Waals surface area contributed by atoms with Crippen molar-refractivity contribution in [1.29, 1.82) is 0 Å². The monoisotopic (exact) mass is 481 g/mol. The molecule has 0 saturated carbocycles. The van der Waals surface area contributed by atoms with Gasteiger partial charge in [0.2, 0.25) is 0 Å². The number of aromatic nitrogens is 4. The van der Waals surface area contributed by atoms with Crippen molar-refractivity contribution in [3.05, 3.63) is 41.6 Å². The van der Waals surface area contributed by atoms with E-state index >= 15 is 0 Å². The topological polar surface area (TPSA) is 79.2 Å². The number of unbranched alkanes of at least 4 members (excludes halogenated alkanes) is 1. The van der Waals surface area contributed by atoms with E-state index in [-0.39, 0.29) is 11.8 Å². The van der Waals surface area contributed by atoms with Crippen molar-refractivity contribution in [1.82, 2.24) is 30.0 Å². The number of nitrogens with one attached hydrogen (secondary N) is 1. The third kappa shape index (κ3) is 5.71. The Morgan fingerprint density at radius 3 is 2.49 bits per heavy atom. The molecule has 2 amide bonds. The Morgan fingerprint density at radius 1 is 1.11 bits per heavy atom. The summed E-state index contributed by atoms with van der Waals surface area (Å²) in [5.74, 6) is 1.90. The molecule has 0 spiro atoms. The SMILES string of the molecule is CCCCNC(=O)N1CCN(c2nc(CCC(C)C)nc3c2c(C)nn3-c2ccc(F)cc2)CC1. The van der Waals surface area contributed by atoms with E-state index in [0.717, 1.165) is 59.7 Å². The van der Waals surface area contributed by atoms with Gasteiger partial charge in [0, 0.05) is 39.1 Å². The van der Waals surface area contributed by atoms with Gasteiger partial charge in [-0.25, -0.2) is 23.8 Å². The smallest absolute Gasteiger partial charge is 0.317 e. The van der Waals surface area contributed by atoms with E-state index in [4.69, 9.17) is 15.1 Å². The summed E-state index contributed by atoms with van der Waals surface area (Å²) in [6.45, 7) is 11.8. The molecule has 0 radical (unpaired) electrons. The largest absolute Gasteiger partial charge is 0.352 e. The minimum atomic E-state index is -0.286. The zero-order valence-corrected chi connectivity index (χ0v) is 21.2. The zero-order valence-electron chi connectivity index (χ0n) is 21.2. The summed E-state index contributed by atoms with van der Waals surface area (Å²) < 4.78 is 15.3. The fourth-order valence-corrected chi connectivity index (χ4v) is 4.33. The fraction of sp³-hybridized carbons (Fsp3) is 0.538. The zero-order chi connectivity index (χ0) is 24.9. The lowest BCUT2D eigenvalue weighted by molar-refractivity contribution is 0.194. The van der Waals surface area contributed by atoms with Gasteiger partial charge in [-0.1, -0.05) is 27.2 Å². The van der Waals surface area contributed by atoms with Crippen LogP contribution in [-0.2, 0) is 6.42 Å². The van der Waals surface area contributed by atoms with Gasteiger partial charge in [-0.05, 0) is 49.9 Å². The lowest BCUT2D eigenvalue weighted by Crippen LogP contribution is -2.52. The molecule has 2 aromatic heterocycles. The van der Waals surface area contributed by atoms with Crippen LogP contribution in [0.5, 0.6) is 0 Å². The summed E-state index contributed by atoms with van der Waals surface area (Å²) in [5.41, 5.74) is 2.32. The normalized spacial score (nSPS) is 14.2. The summed E-state index contributed by atoms with van der Waals surface area (Å²) in [6, 6.07) is 6.30. The van der Waals surface area contributed by atoms with Gasteiger partial charge in [-0.3, -0.25) is 0 Å². The molecule has 1 aliphatic rings. The average molecular weight is 482 g/mol. The molecule has 1 aliphatic heterocycles. The molecule has 0 unspecified atom stereocenters. The molecule has 8 nitrogen and oxygen atoms in total. The molecule has 1 aromatic carbocycles. The molecule has 0 bridgehead atoms. The predicted octanol–water partition coefficient (Wildman–Crippen LogP) is 4.48. The van der Waals surface area contributed by atoms with Gasteiger partial charge in [-0.15, -0.1) is 0 Å². The highest BCUT2D eigenvalue weighted by Gasteiger charge is 2.26. The van der Waals surface area contributed by atoms with Crippen LogP contribution in [0, 0.1) is 18.7 Å². The number of hydrogen-bond donors (Lipinski definition) is 1. The van der Waals surface area contributed by atoms with Crippen molar-refractivity contribution in [3.8, 4) is 5.69 Å². The molecule has 0 aliphatic carbocycles. The van der Waals surface area contributed by atoms with Crippen LogP contribution in [0.15, 0.2) is 24.3 Å². The number of amides is 2. The third-order valence-corrected chi connectivity index (χ3v) is 6.42. The lowest BCUT2D eigenvalue weighted by atomic mass is 10.1. The number of piperazine rings is 1. The summed E-state index contributed by atoms with van der Waals surface area (Å²) in [5, 5.41) is 8.67. The number of aryl methyl sites for hydroxylation is 2. The number of anilines is 1. The van der Waals surface area contributed by atoms with Gasteiger partial charge in [-0.2, -0.15) is 5.10 Å². The van der Waals surface area contributed by atoms with E-state index < -0.39 is 0 Å². The molecule has 0 atom stereocenters. The molecule has 35 heavy (non-hydrogen) atoms. The maximum absolute atomic E-state index is 13.5. The standard InChI is InChI=1S/C26H36FN7O/c1-5-6-13-28-26(35)33-16-14-32(15-17-33)24-23-19(4)31-34(21-10-8-20(27)9-11-21)25(23)30-22(29-24)12-7-18(2)3/h8-11,18H,5-7,12-17H2,1-4H3,(H,28,35). The van der Waals surface area contributed by atoms with Crippen LogP contribution in [-0.4, -0.2) is 63.4 Å². The number of fused-ring (bicyclic) bond motifs is 1. The number of benzene rings is 1. The number of rotatable bonds is 8. The van der Waals surface area contributed by atoms with E-state index in [1.807, 2.05) is 11.8 Å². The van der Waals surface area contributed by atoms with Crippen molar-refractivity contribution in [2.24, 2.45) is 5.92 Å². The van der Waals surface area contributed by atoms with E-state index in [0.29, 0.717) is 38.6 Å². The highest BCUT2D eigenvalue weighted by atomic mass is 19.1. The summed E-state index contributed by atoms with van der Waals surface area (Å²) >= 11 is 0.